The van der Waals surface area contributed by atoms with Crippen LogP contribution in [0, 0.1) is 5.82 Å². The average molecular weight is 422 g/mol. The van der Waals surface area contributed by atoms with Gasteiger partial charge in [-0.1, -0.05) is 36.0 Å². The van der Waals surface area contributed by atoms with Crippen LogP contribution in [0.25, 0.3) is 16.6 Å². The fourth-order valence-corrected chi connectivity index (χ4v) is 4.12. The molecule has 1 heterocycles. The molecule has 0 aliphatic carbocycles. The van der Waals surface area contributed by atoms with Crippen LogP contribution in [0.4, 0.5) is 4.39 Å². The molecule has 0 saturated heterocycles. The Morgan fingerprint density at radius 3 is 2.60 bits per heavy atom. The maximum absolute atomic E-state index is 13.6. The number of ether oxygens (including phenoxy) is 2. The molecule has 4 rings (SSSR count). The highest BCUT2D eigenvalue weighted by Crippen LogP contribution is 2.31. The van der Waals surface area contributed by atoms with Crippen LogP contribution in [-0.4, -0.2) is 23.8 Å². The molecule has 0 bridgehead atoms. The molecule has 30 heavy (non-hydrogen) atoms. The summed E-state index contributed by atoms with van der Waals surface area (Å²) in [6.07, 6.45) is 0. The second kappa shape index (κ2) is 8.59. The van der Waals surface area contributed by atoms with Crippen molar-refractivity contribution in [2.45, 2.75) is 10.9 Å². The maximum atomic E-state index is 13.6. The first-order valence-electron chi connectivity index (χ1n) is 9.22. The van der Waals surface area contributed by atoms with Gasteiger partial charge in [0.2, 0.25) is 0 Å². The molecule has 152 valence electrons. The van der Waals surface area contributed by atoms with E-state index in [4.69, 9.17) is 14.5 Å². The standard InChI is InChI=1S/C23H19FN2O3S/c1-28-17-10-11-21(29-2)20(13-17)26-22(27)18-8-3-4-9-19(18)25-23(26)30-14-15-6-5-7-16(24)12-15/h3-13H,14H2,1-2H3. The third kappa shape index (κ3) is 3.89. The Balaban J connectivity index is 1.90. The molecule has 1 aromatic heterocycles. The third-order valence-corrected chi connectivity index (χ3v) is 5.64. The summed E-state index contributed by atoms with van der Waals surface area (Å²) in [5, 5.41) is 0.979. The van der Waals surface area contributed by atoms with E-state index in [-0.39, 0.29) is 11.4 Å². The van der Waals surface area contributed by atoms with Gasteiger partial charge in [0.25, 0.3) is 5.56 Å². The average Bonchev–Trinajstić information content (AvgIpc) is 2.77. The molecule has 7 heteroatoms. The van der Waals surface area contributed by atoms with Gasteiger partial charge in [-0.25, -0.2) is 9.37 Å². The summed E-state index contributed by atoms with van der Waals surface area (Å²) >= 11 is 1.35. The molecule has 0 aliphatic heterocycles. The van der Waals surface area contributed by atoms with E-state index in [1.165, 1.54) is 28.5 Å². The second-order valence-electron chi connectivity index (χ2n) is 6.51. The van der Waals surface area contributed by atoms with Crippen molar-refractivity contribution in [3.8, 4) is 17.2 Å². The van der Waals surface area contributed by atoms with Gasteiger partial charge in [-0.05, 0) is 42.0 Å². The van der Waals surface area contributed by atoms with Gasteiger partial charge >= 0.3 is 0 Å². The lowest BCUT2D eigenvalue weighted by Crippen LogP contribution is -2.22. The normalized spacial score (nSPS) is 10.9. The largest absolute Gasteiger partial charge is 0.497 e. The number of methoxy groups -OCH3 is 2. The SMILES string of the molecule is COc1ccc(OC)c(-n2c(SCc3cccc(F)c3)nc3ccccc3c2=O)c1. The number of thioether (sulfide) groups is 1. The molecule has 0 aliphatic rings. The minimum Gasteiger partial charge on any atom is -0.497 e. The summed E-state index contributed by atoms with van der Waals surface area (Å²) < 4.78 is 25.9. The van der Waals surface area contributed by atoms with E-state index in [1.807, 2.05) is 12.1 Å². The number of rotatable bonds is 6. The zero-order valence-corrected chi connectivity index (χ0v) is 17.3. The van der Waals surface area contributed by atoms with E-state index in [0.717, 1.165) is 5.56 Å². The van der Waals surface area contributed by atoms with Crippen molar-refractivity contribution in [1.82, 2.24) is 9.55 Å². The highest BCUT2D eigenvalue weighted by Gasteiger charge is 2.17. The number of para-hydroxylation sites is 1. The minimum absolute atomic E-state index is 0.214. The van der Waals surface area contributed by atoms with Crippen LogP contribution in [0.3, 0.4) is 0 Å². The van der Waals surface area contributed by atoms with Crippen LogP contribution in [0.1, 0.15) is 5.56 Å². The predicted molar refractivity (Wildman–Crippen MR) is 116 cm³/mol. The van der Waals surface area contributed by atoms with Crippen LogP contribution < -0.4 is 15.0 Å². The van der Waals surface area contributed by atoms with E-state index in [2.05, 4.69) is 0 Å². The first kappa shape index (κ1) is 20.0. The topological polar surface area (TPSA) is 53.4 Å². The highest BCUT2D eigenvalue weighted by molar-refractivity contribution is 7.98. The molecule has 0 fully saturated rings. The molecule has 4 aromatic rings. The Labute approximate surface area is 177 Å². The molecule has 0 saturated carbocycles. The second-order valence-corrected chi connectivity index (χ2v) is 7.45. The molecule has 3 aromatic carbocycles. The van der Waals surface area contributed by atoms with Crippen molar-refractivity contribution < 1.29 is 13.9 Å². The van der Waals surface area contributed by atoms with Gasteiger partial charge in [0.05, 0.1) is 30.8 Å². The molecule has 0 unspecified atom stereocenters. The van der Waals surface area contributed by atoms with Gasteiger partial charge in [-0.15, -0.1) is 0 Å². The molecular weight excluding hydrogens is 403 g/mol. The van der Waals surface area contributed by atoms with Crippen LogP contribution in [-0.2, 0) is 5.75 Å². The first-order valence-corrected chi connectivity index (χ1v) is 10.2. The van der Waals surface area contributed by atoms with Gasteiger partial charge in [0, 0.05) is 11.8 Å². The maximum Gasteiger partial charge on any atom is 0.266 e. The lowest BCUT2D eigenvalue weighted by atomic mass is 10.2. The molecule has 0 atom stereocenters. The lowest BCUT2D eigenvalue weighted by Gasteiger charge is -2.16. The number of hydrogen-bond donors (Lipinski definition) is 0. The smallest absolute Gasteiger partial charge is 0.266 e. The van der Waals surface area contributed by atoms with Crippen molar-refractivity contribution in [3.05, 3.63) is 88.5 Å². The van der Waals surface area contributed by atoms with Crippen molar-refractivity contribution in [3.63, 3.8) is 0 Å². The third-order valence-electron chi connectivity index (χ3n) is 4.63. The van der Waals surface area contributed by atoms with Gasteiger partial charge in [-0.2, -0.15) is 0 Å². The number of nitrogens with zero attached hydrogens (tertiary/aromatic N) is 2. The molecule has 0 N–H and O–H groups in total. The number of benzene rings is 3. The number of halogens is 1. The summed E-state index contributed by atoms with van der Waals surface area (Å²) in [5.41, 5.74) is 1.71. The first-order chi connectivity index (χ1) is 14.6. The zero-order valence-electron chi connectivity index (χ0n) is 16.5. The Morgan fingerprint density at radius 2 is 1.83 bits per heavy atom. The molecular formula is C23H19FN2O3S. The van der Waals surface area contributed by atoms with Crippen LogP contribution in [0.2, 0.25) is 0 Å². The molecule has 0 spiro atoms. The van der Waals surface area contributed by atoms with E-state index >= 15 is 0 Å². The fourth-order valence-electron chi connectivity index (χ4n) is 3.17. The van der Waals surface area contributed by atoms with Crippen molar-refractivity contribution in [2.75, 3.05) is 14.2 Å². The lowest BCUT2D eigenvalue weighted by molar-refractivity contribution is 0.400. The fraction of sp³-hybridized carbons (Fsp3) is 0.130. The molecule has 5 nitrogen and oxygen atoms in total. The van der Waals surface area contributed by atoms with Gasteiger partial charge in [0.1, 0.15) is 17.3 Å². The summed E-state index contributed by atoms with van der Waals surface area (Å²) in [6.45, 7) is 0. The predicted octanol–water partition coefficient (Wildman–Crippen LogP) is 4.83. The van der Waals surface area contributed by atoms with E-state index in [9.17, 15) is 9.18 Å². The summed E-state index contributed by atoms with van der Waals surface area (Å²) in [4.78, 5) is 18.2. The van der Waals surface area contributed by atoms with Crippen molar-refractivity contribution >= 4 is 22.7 Å². The van der Waals surface area contributed by atoms with E-state index in [0.29, 0.717) is 39.0 Å². The van der Waals surface area contributed by atoms with Crippen molar-refractivity contribution in [1.29, 1.82) is 0 Å². The monoisotopic (exact) mass is 422 g/mol. The number of fused-ring (bicyclic) bond motifs is 1. The summed E-state index contributed by atoms with van der Waals surface area (Å²) in [7, 11) is 3.11. The van der Waals surface area contributed by atoms with E-state index in [1.54, 1.807) is 56.7 Å². The Hall–Kier alpha value is -3.32. The minimum atomic E-state index is -0.300. The van der Waals surface area contributed by atoms with Crippen LogP contribution in [0.15, 0.2) is 76.7 Å². The highest BCUT2D eigenvalue weighted by atomic mass is 32.2. The van der Waals surface area contributed by atoms with Crippen molar-refractivity contribution in [2.24, 2.45) is 0 Å². The quantitative estimate of drug-likeness (QED) is 0.329. The summed E-state index contributed by atoms with van der Waals surface area (Å²) in [5.74, 6) is 1.26. The van der Waals surface area contributed by atoms with Gasteiger partial charge < -0.3 is 9.47 Å². The van der Waals surface area contributed by atoms with Gasteiger partial charge in [0.15, 0.2) is 5.16 Å². The Bertz CT molecular complexity index is 1270. The summed E-state index contributed by atoms with van der Waals surface area (Å²) in [6, 6.07) is 18.8. The molecule has 0 radical (unpaired) electrons. The van der Waals surface area contributed by atoms with Crippen LogP contribution >= 0.6 is 11.8 Å². The van der Waals surface area contributed by atoms with E-state index < -0.39 is 0 Å². The van der Waals surface area contributed by atoms with Gasteiger partial charge in [-0.3, -0.25) is 9.36 Å². The zero-order chi connectivity index (χ0) is 21.1. The Morgan fingerprint density at radius 1 is 1.00 bits per heavy atom. The van der Waals surface area contributed by atoms with Crippen LogP contribution in [0.5, 0.6) is 11.5 Å². The molecule has 0 amide bonds. The number of aromatic nitrogens is 2. The Kier molecular flexibility index (Phi) is 5.72. The number of hydrogen-bond acceptors (Lipinski definition) is 5.